The number of rotatable bonds is 8. The summed E-state index contributed by atoms with van der Waals surface area (Å²) in [7, 11) is 2.85. The van der Waals surface area contributed by atoms with Crippen molar-refractivity contribution in [1.29, 1.82) is 0 Å². The van der Waals surface area contributed by atoms with Crippen molar-refractivity contribution in [3.8, 4) is 5.75 Å². The van der Waals surface area contributed by atoms with E-state index in [1.807, 2.05) is 19.2 Å². The smallest absolute Gasteiger partial charge is 0.341 e. The molecule has 9 heteroatoms. The van der Waals surface area contributed by atoms with Gasteiger partial charge in [-0.15, -0.1) is 24.0 Å². The summed E-state index contributed by atoms with van der Waals surface area (Å²) in [5.41, 5.74) is 3.12. The molecule has 0 spiro atoms. The number of carbonyl (C=O) groups excluding carboxylic acids is 1. The van der Waals surface area contributed by atoms with Gasteiger partial charge in [0.1, 0.15) is 17.1 Å². The number of aromatic amines is 1. The van der Waals surface area contributed by atoms with Gasteiger partial charge in [0.05, 0.1) is 20.8 Å². The van der Waals surface area contributed by atoms with E-state index in [1.54, 1.807) is 18.2 Å². The number of benzene rings is 2. The molecule has 0 bridgehead atoms. The number of hydrogen-bond donors (Lipinski definition) is 3. The van der Waals surface area contributed by atoms with Gasteiger partial charge in [-0.2, -0.15) is 0 Å². The first kappa shape index (κ1) is 25.4. The van der Waals surface area contributed by atoms with Crippen LogP contribution < -0.4 is 15.4 Å². The third-order valence-electron chi connectivity index (χ3n) is 4.85. The number of nitrogens with zero attached hydrogens (tertiary/aromatic N) is 1. The van der Waals surface area contributed by atoms with Crippen LogP contribution in [0.5, 0.6) is 5.75 Å². The van der Waals surface area contributed by atoms with Crippen LogP contribution in [0.2, 0.25) is 0 Å². The molecule has 0 aliphatic rings. The Labute approximate surface area is 203 Å². The number of aliphatic imine (C=N–C) groups is 1. The number of aromatic nitrogens is 1. The first-order valence-corrected chi connectivity index (χ1v) is 10.1. The lowest BCUT2D eigenvalue weighted by Gasteiger charge is -2.12. The standard InChI is InChI=1S/C23H27FN4O3.HI/c1-4-25-23(26-10-9-16-14-27-20-12-17(24)6-7-18(16)20)28-13-15-5-8-21(30-2)19(11-15)22(29)31-3;/h5-8,11-12,14,27H,4,9-10,13H2,1-3H3,(H2,25,26,28);1H. The molecule has 172 valence electrons. The number of esters is 1. The summed E-state index contributed by atoms with van der Waals surface area (Å²) in [6.45, 7) is 3.75. The predicted molar refractivity (Wildman–Crippen MR) is 135 cm³/mol. The molecule has 0 saturated heterocycles. The number of carbonyl (C=O) groups is 1. The second-order valence-electron chi connectivity index (χ2n) is 6.90. The van der Waals surface area contributed by atoms with E-state index in [4.69, 9.17) is 9.47 Å². The minimum atomic E-state index is -0.452. The Hall–Kier alpha value is -2.82. The summed E-state index contributed by atoms with van der Waals surface area (Å²) < 4.78 is 23.4. The Kier molecular flexibility index (Phi) is 9.76. The topological polar surface area (TPSA) is 87.7 Å². The fourth-order valence-electron chi connectivity index (χ4n) is 3.32. The minimum absolute atomic E-state index is 0. The zero-order valence-corrected chi connectivity index (χ0v) is 20.7. The van der Waals surface area contributed by atoms with Gasteiger partial charge in [0.25, 0.3) is 0 Å². The molecule has 0 radical (unpaired) electrons. The molecule has 0 amide bonds. The molecule has 1 aromatic heterocycles. The van der Waals surface area contributed by atoms with Crippen LogP contribution in [0.1, 0.15) is 28.4 Å². The van der Waals surface area contributed by atoms with Crippen molar-refractivity contribution in [3.05, 3.63) is 65.1 Å². The molecule has 3 rings (SSSR count). The van der Waals surface area contributed by atoms with Crippen molar-refractivity contribution in [2.75, 3.05) is 27.3 Å². The van der Waals surface area contributed by atoms with Gasteiger partial charge in [-0.1, -0.05) is 6.07 Å². The van der Waals surface area contributed by atoms with Gasteiger partial charge in [-0.25, -0.2) is 14.2 Å². The Morgan fingerprint density at radius 1 is 1.16 bits per heavy atom. The fraction of sp³-hybridized carbons (Fsp3) is 0.304. The average Bonchev–Trinajstić information content (AvgIpc) is 3.18. The molecule has 0 atom stereocenters. The molecular formula is C23H28FIN4O3. The van der Waals surface area contributed by atoms with Gasteiger partial charge in [-0.05, 0) is 54.8 Å². The Balaban J connectivity index is 0.00000363. The molecule has 3 N–H and O–H groups in total. The summed E-state index contributed by atoms with van der Waals surface area (Å²) in [5, 5.41) is 7.54. The molecule has 0 aliphatic carbocycles. The number of nitrogens with one attached hydrogen (secondary N) is 3. The highest BCUT2D eigenvalue weighted by molar-refractivity contribution is 14.0. The maximum Gasteiger partial charge on any atom is 0.341 e. The zero-order chi connectivity index (χ0) is 22.2. The average molecular weight is 554 g/mol. The van der Waals surface area contributed by atoms with E-state index in [-0.39, 0.29) is 29.8 Å². The molecular weight excluding hydrogens is 526 g/mol. The first-order chi connectivity index (χ1) is 15.0. The molecule has 0 saturated carbocycles. The summed E-state index contributed by atoms with van der Waals surface area (Å²) >= 11 is 0. The van der Waals surface area contributed by atoms with Gasteiger partial charge >= 0.3 is 5.97 Å². The van der Waals surface area contributed by atoms with Crippen LogP contribution in [0, 0.1) is 5.82 Å². The lowest BCUT2D eigenvalue weighted by atomic mass is 10.1. The van der Waals surface area contributed by atoms with Crippen LogP contribution in [0.15, 0.2) is 47.6 Å². The summed E-state index contributed by atoms with van der Waals surface area (Å²) in [5.74, 6) is 0.424. The molecule has 2 aromatic carbocycles. The Morgan fingerprint density at radius 2 is 1.97 bits per heavy atom. The quantitative estimate of drug-likeness (QED) is 0.170. The number of hydrogen-bond acceptors (Lipinski definition) is 4. The van der Waals surface area contributed by atoms with Crippen molar-refractivity contribution >= 4 is 46.8 Å². The van der Waals surface area contributed by atoms with E-state index in [0.717, 1.165) is 28.5 Å². The van der Waals surface area contributed by atoms with Gasteiger partial charge < -0.3 is 25.1 Å². The van der Waals surface area contributed by atoms with Gasteiger partial charge in [0, 0.05) is 30.2 Å². The van der Waals surface area contributed by atoms with Crippen LogP contribution in [0.25, 0.3) is 10.9 Å². The minimum Gasteiger partial charge on any atom is -0.496 e. The predicted octanol–water partition coefficient (Wildman–Crippen LogP) is 4.02. The molecule has 0 aliphatic heterocycles. The first-order valence-electron chi connectivity index (χ1n) is 10.1. The van der Waals surface area contributed by atoms with E-state index in [2.05, 4.69) is 20.6 Å². The number of ether oxygens (including phenoxy) is 2. The normalized spacial score (nSPS) is 11.1. The highest BCUT2D eigenvalue weighted by Gasteiger charge is 2.13. The van der Waals surface area contributed by atoms with Crippen molar-refractivity contribution in [3.63, 3.8) is 0 Å². The van der Waals surface area contributed by atoms with Gasteiger partial charge in [-0.3, -0.25) is 0 Å². The van der Waals surface area contributed by atoms with Crippen molar-refractivity contribution < 1.29 is 18.7 Å². The summed E-state index contributed by atoms with van der Waals surface area (Å²) in [6.07, 6.45) is 2.66. The fourth-order valence-corrected chi connectivity index (χ4v) is 3.32. The highest BCUT2D eigenvalue weighted by atomic mass is 127. The number of H-pyrrole nitrogens is 1. The monoisotopic (exact) mass is 554 g/mol. The van der Waals surface area contributed by atoms with Crippen LogP contribution in [-0.4, -0.2) is 44.2 Å². The molecule has 1 heterocycles. The van der Waals surface area contributed by atoms with Crippen LogP contribution in [0.4, 0.5) is 4.39 Å². The Bertz CT molecular complexity index is 1080. The molecule has 0 fully saturated rings. The Morgan fingerprint density at radius 3 is 2.69 bits per heavy atom. The lowest BCUT2D eigenvalue weighted by molar-refractivity contribution is 0.0597. The van der Waals surface area contributed by atoms with E-state index in [0.29, 0.717) is 36.9 Å². The summed E-state index contributed by atoms with van der Waals surface area (Å²) in [6, 6.07) is 10.1. The van der Waals surface area contributed by atoms with Crippen molar-refractivity contribution in [1.82, 2.24) is 15.6 Å². The highest BCUT2D eigenvalue weighted by Crippen LogP contribution is 2.21. The van der Waals surface area contributed by atoms with E-state index >= 15 is 0 Å². The largest absolute Gasteiger partial charge is 0.496 e. The van der Waals surface area contributed by atoms with E-state index in [1.165, 1.54) is 26.4 Å². The third-order valence-corrected chi connectivity index (χ3v) is 4.85. The third kappa shape index (κ3) is 6.35. The number of guanidine groups is 1. The number of fused-ring (bicyclic) bond motifs is 1. The molecule has 7 nitrogen and oxygen atoms in total. The van der Waals surface area contributed by atoms with Gasteiger partial charge in [0.15, 0.2) is 5.96 Å². The molecule has 0 unspecified atom stereocenters. The zero-order valence-electron chi connectivity index (χ0n) is 18.3. The van der Waals surface area contributed by atoms with Gasteiger partial charge in [0.2, 0.25) is 0 Å². The van der Waals surface area contributed by atoms with Crippen molar-refractivity contribution in [2.45, 2.75) is 19.9 Å². The van der Waals surface area contributed by atoms with E-state index in [9.17, 15) is 9.18 Å². The second kappa shape index (κ2) is 12.3. The summed E-state index contributed by atoms with van der Waals surface area (Å²) in [4.78, 5) is 19.7. The van der Waals surface area contributed by atoms with E-state index < -0.39 is 5.97 Å². The second-order valence-corrected chi connectivity index (χ2v) is 6.90. The number of halogens is 2. The molecule has 3 aromatic rings. The maximum atomic E-state index is 13.4. The maximum absolute atomic E-state index is 13.4. The number of methoxy groups -OCH3 is 2. The van der Waals surface area contributed by atoms with Crippen molar-refractivity contribution in [2.24, 2.45) is 4.99 Å². The van der Waals surface area contributed by atoms with Crippen LogP contribution in [0.3, 0.4) is 0 Å². The van der Waals surface area contributed by atoms with Crippen LogP contribution in [-0.2, 0) is 17.7 Å². The van der Waals surface area contributed by atoms with Crippen LogP contribution >= 0.6 is 24.0 Å². The SMILES string of the molecule is CCNC(=NCc1ccc(OC)c(C(=O)OC)c1)NCCc1c[nH]c2cc(F)ccc12.I. The lowest BCUT2D eigenvalue weighted by Crippen LogP contribution is -2.38. The molecule has 32 heavy (non-hydrogen) atoms.